The summed E-state index contributed by atoms with van der Waals surface area (Å²) in [6, 6.07) is 12.3. The Morgan fingerprint density at radius 1 is 1.14 bits per heavy atom. The number of hydrogen-bond acceptors (Lipinski definition) is 7. The lowest BCUT2D eigenvalue weighted by atomic mass is 9.95. The quantitative estimate of drug-likeness (QED) is 0.375. The lowest BCUT2D eigenvalue weighted by Gasteiger charge is -2.25. The minimum atomic E-state index is -0.714. The molecule has 2 heterocycles. The number of esters is 1. The number of halogens is 1. The predicted octanol–water partition coefficient (Wildman–Crippen LogP) is 4.75. The van der Waals surface area contributed by atoms with Gasteiger partial charge in [0.05, 0.1) is 41.2 Å². The number of aromatic nitrogens is 1. The number of ether oxygens (including phenoxy) is 3. The third-order valence-corrected chi connectivity index (χ3v) is 7.09. The van der Waals surface area contributed by atoms with Crippen LogP contribution in [-0.2, 0) is 9.53 Å². The second-order valence-electron chi connectivity index (χ2n) is 9.16. The van der Waals surface area contributed by atoms with Crippen LogP contribution < -0.4 is 24.4 Å². The van der Waals surface area contributed by atoms with Crippen LogP contribution in [0, 0.1) is 0 Å². The fourth-order valence-corrected chi connectivity index (χ4v) is 5.54. The number of carbonyl (C=O) groups is 1. The number of benzene rings is 2. The number of thiazole rings is 1. The zero-order chi connectivity index (χ0) is 26.9. The van der Waals surface area contributed by atoms with E-state index < -0.39 is 12.0 Å². The summed E-state index contributed by atoms with van der Waals surface area (Å²) in [4.78, 5) is 32.3. The van der Waals surface area contributed by atoms with Crippen LogP contribution in [0.5, 0.6) is 11.5 Å². The largest absolute Gasteiger partial charge is 0.497 e. The van der Waals surface area contributed by atoms with Crippen LogP contribution in [0.3, 0.4) is 0 Å². The first-order chi connectivity index (χ1) is 17.6. The minimum absolute atomic E-state index is 0.0280. The van der Waals surface area contributed by atoms with E-state index in [0.717, 1.165) is 15.6 Å². The normalized spacial score (nSPS) is 15.6. The molecule has 0 saturated carbocycles. The topological polar surface area (TPSA) is 79.1 Å². The van der Waals surface area contributed by atoms with E-state index in [9.17, 15) is 9.59 Å². The van der Waals surface area contributed by atoms with E-state index in [-0.39, 0.29) is 17.8 Å². The summed E-state index contributed by atoms with van der Waals surface area (Å²) in [5.74, 6) is 0.791. The van der Waals surface area contributed by atoms with Gasteiger partial charge in [0.15, 0.2) is 4.80 Å². The standard InChI is InChI=1S/C28H29BrN2O5S/c1-15(2)35-22-11-10-20(29)12-19(22)14-23-26(32)31-25(18-8-7-9-21(13-18)34-6)24(27(33)36-16(3)4)17(5)30-28(31)37-23/h7-16,25H,1-6H3/b23-14-/t25-/m1/s1. The van der Waals surface area contributed by atoms with Crippen molar-refractivity contribution < 1.29 is 19.0 Å². The maximum absolute atomic E-state index is 13.9. The summed E-state index contributed by atoms with van der Waals surface area (Å²) in [7, 11) is 1.58. The Hall–Kier alpha value is -3.17. The zero-order valence-electron chi connectivity index (χ0n) is 21.6. The van der Waals surface area contributed by atoms with Crippen molar-refractivity contribution in [2.75, 3.05) is 7.11 Å². The van der Waals surface area contributed by atoms with Gasteiger partial charge >= 0.3 is 5.97 Å². The molecule has 1 aliphatic heterocycles. The van der Waals surface area contributed by atoms with Crippen LogP contribution in [-0.4, -0.2) is 29.9 Å². The van der Waals surface area contributed by atoms with E-state index in [1.165, 1.54) is 11.3 Å². The molecular formula is C28H29BrN2O5S. The molecule has 0 spiro atoms. The number of nitrogens with zero attached hydrogens (tertiary/aromatic N) is 2. The SMILES string of the molecule is COc1cccc([C@@H]2C(C(=O)OC(C)C)=C(C)N=c3s/c(=C\c4cc(Br)ccc4OC(C)C)c(=O)n32)c1. The lowest BCUT2D eigenvalue weighted by molar-refractivity contribution is -0.143. The first-order valence-electron chi connectivity index (χ1n) is 11.9. The van der Waals surface area contributed by atoms with Gasteiger partial charge in [-0.05, 0) is 76.6 Å². The van der Waals surface area contributed by atoms with E-state index in [4.69, 9.17) is 14.2 Å². The smallest absolute Gasteiger partial charge is 0.338 e. The van der Waals surface area contributed by atoms with Gasteiger partial charge in [-0.15, -0.1) is 0 Å². The molecule has 0 N–H and O–H groups in total. The monoisotopic (exact) mass is 584 g/mol. The molecule has 194 valence electrons. The Labute approximate surface area is 227 Å². The summed E-state index contributed by atoms with van der Waals surface area (Å²) in [6.07, 6.45) is 1.46. The van der Waals surface area contributed by atoms with Gasteiger partial charge in [0, 0.05) is 10.0 Å². The molecular weight excluding hydrogens is 556 g/mol. The molecule has 0 radical (unpaired) electrons. The van der Waals surface area contributed by atoms with Gasteiger partial charge in [-0.25, -0.2) is 9.79 Å². The fourth-order valence-electron chi connectivity index (χ4n) is 4.12. The molecule has 4 rings (SSSR count). The van der Waals surface area contributed by atoms with Crippen LogP contribution in [0.15, 0.2) is 68.0 Å². The van der Waals surface area contributed by atoms with Crippen molar-refractivity contribution in [3.63, 3.8) is 0 Å². The first kappa shape index (κ1) is 26.9. The molecule has 2 aromatic carbocycles. The second-order valence-corrected chi connectivity index (χ2v) is 11.1. The fraction of sp³-hybridized carbons (Fsp3) is 0.321. The van der Waals surface area contributed by atoms with Crippen LogP contribution in [0.25, 0.3) is 6.08 Å². The van der Waals surface area contributed by atoms with Gasteiger partial charge in [-0.2, -0.15) is 0 Å². The molecule has 0 unspecified atom stereocenters. The highest BCUT2D eigenvalue weighted by Crippen LogP contribution is 2.32. The van der Waals surface area contributed by atoms with Gasteiger partial charge in [-0.3, -0.25) is 9.36 Å². The summed E-state index contributed by atoms with van der Waals surface area (Å²) in [5, 5.41) is 0. The molecule has 0 bridgehead atoms. The molecule has 9 heteroatoms. The third-order valence-electron chi connectivity index (χ3n) is 5.61. The summed E-state index contributed by atoms with van der Waals surface area (Å²) < 4.78 is 19.9. The molecule has 7 nitrogen and oxygen atoms in total. The van der Waals surface area contributed by atoms with Crippen LogP contribution in [0.2, 0.25) is 0 Å². The predicted molar refractivity (Wildman–Crippen MR) is 148 cm³/mol. The maximum atomic E-state index is 13.9. The van der Waals surface area contributed by atoms with Crippen LogP contribution in [0.4, 0.5) is 0 Å². The maximum Gasteiger partial charge on any atom is 0.338 e. The Balaban J connectivity index is 1.96. The minimum Gasteiger partial charge on any atom is -0.497 e. The lowest BCUT2D eigenvalue weighted by Crippen LogP contribution is -2.40. The van der Waals surface area contributed by atoms with Crippen LogP contribution in [0.1, 0.15) is 51.8 Å². The highest BCUT2D eigenvalue weighted by atomic mass is 79.9. The van der Waals surface area contributed by atoms with E-state index in [1.807, 2.05) is 56.3 Å². The Kier molecular flexibility index (Phi) is 8.04. The Bertz CT molecular complexity index is 1550. The number of fused-ring (bicyclic) bond motifs is 1. The molecule has 0 amide bonds. The number of allylic oxidation sites excluding steroid dienone is 1. The van der Waals surface area contributed by atoms with Gasteiger partial charge in [0.1, 0.15) is 11.5 Å². The Morgan fingerprint density at radius 3 is 2.57 bits per heavy atom. The van der Waals surface area contributed by atoms with Crippen molar-refractivity contribution in [1.29, 1.82) is 0 Å². The molecule has 37 heavy (non-hydrogen) atoms. The molecule has 1 atom stereocenters. The van der Waals surface area contributed by atoms with Gasteiger partial charge < -0.3 is 14.2 Å². The average molecular weight is 586 g/mol. The summed E-state index contributed by atoms with van der Waals surface area (Å²) >= 11 is 4.78. The third kappa shape index (κ3) is 5.72. The summed E-state index contributed by atoms with van der Waals surface area (Å²) in [6.45, 7) is 9.25. The van der Waals surface area contributed by atoms with E-state index >= 15 is 0 Å². The highest BCUT2D eigenvalue weighted by molar-refractivity contribution is 9.10. The van der Waals surface area contributed by atoms with Gasteiger partial charge in [-0.1, -0.05) is 39.4 Å². The van der Waals surface area contributed by atoms with Crippen molar-refractivity contribution in [3.8, 4) is 11.5 Å². The van der Waals surface area contributed by atoms with Crippen LogP contribution >= 0.6 is 27.3 Å². The van der Waals surface area contributed by atoms with Gasteiger partial charge in [0.25, 0.3) is 5.56 Å². The van der Waals surface area contributed by atoms with E-state index in [1.54, 1.807) is 38.5 Å². The van der Waals surface area contributed by atoms with Crippen molar-refractivity contribution in [1.82, 2.24) is 4.57 Å². The number of rotatable bonds is 7. The van der Waals surface area contributed by atoms with Gasteiger partial charge in [0.2, 0.25) is 0 Å². The molecule has 1 aromatic heterocycles. The number of carbonyl (C=O) groups excluding carboxylic acids is 1. The zero-order valence-corrected chi connectivity index (χ0v) is 24.0. The van der Waals surface area contributed by atoms with Crippen molar-refractivity contribution in [3.05, 3.63) is 89.0 Å². The molecule has 0 fully saturated rings. The summed E-state index contributed by atoms with van der Waals surface area (Å²) in [5.41, 5.74) is 2.07. The molecule has 1 aliphatic rings. The molecule has 0 aliphatic carbocycles. The van der Waals surface area contributed by atoms with Crippen molar-refractivity contribution in [2.24, 2.45) is 4.99 Å². The average Bonchev–Trinajstić information content (AvgIpc) is 3.13. The number of methoxy groups -OCH3 is 1. The van der Waals surface area contributed by atoms with E-state index in [2.05, 4.69) is 20.9 Å². The molecule has 0 saturated heterocycles. The molecule has 3 aromatic rings. The first-order valence-corrected chi connectivity index (χ1v) is 13.5. The van der Waals surface area contributed by atoms with Crippen molar-refractivity contribution in [2.45, 2.75) is 52.9 Å². The van der Waals surface area contributed by atoms with Crippen molar-refractivity contribution >= 4 is 39.3 Å². The van der Waals surface area contributed by atoms with E-state index in [0.29, 0.717) is 32.1 Å². The second kappa shape index (κ2) is 11.1. The Morgan fingerprint density at radius 2 is 1.89 bits per heavy atom. The highest BCUT2D eigenvalue weighted by Gasteiger charge is 2.34. The number of hydrogen-bond donors (Lipinski definition) is 0.